The lowest BCUT2D eigenvalue weighted by molar-refractivity contribution is 0.112. The Labute approximate surface area is 114 Å². The van der Waals surface area contributed by atoms with Gasteiger partial charge in [0.15, 0.2) is 12.1 Å². The zero-order valence-electron chi connectivity index (χ0n) is 10.0. The summed E-state index contributed by atoms with van der Waals surface area (Å²) >= 11 is 0. The Bertz CT molecular complexity index is 733. The molecule has 104 valence electrons. The van der Waals surface area contributed by atoms with Crippen LogP contribution in [-0.4, -0.2) is 14.7 Å². The van der Waals surface area contributed by atoms with Crippen molar-refractivity contribution in [2.45, 2.75) is 4.90 Å². The van der Waals surface area contributed by atoms with Gasteiger partial charge >= 0.3 is 0 Å². The van der Waals surface area contributed by atoms with Crippen molar-refractivity contribution in [1.29, 1.82) is 0 Å². The molecule has 0 unspecified atom stereocenters. The number of nitrogens with zero attached hydrogens (tertiary/aromatic N) is 1. The van der Waals surface area contributed by atoms with Gasteiger partial charge in [0.2, 0.25) is 0 Å². The van der Waals surface area contributed by atoms with Gasteiger partial charge in [0.1, 0.15) is 5.69 Å². The second-order valence-electron chi connectivity index (χ2n) is 3.83. The summed E-state index contributed by atoms with van der Waals surface area (Å²) < 4.78 is 51.1. The standard InChI is InChI=1S/C13H9F2NO3S/c14-13-10(9-17)5-4-8-12(13)16(15)20(18,19)11-6-2-1-3-7-11/h1-9H. The van der Waals surface area contributed by atoms with Crippen molar-refractivity contribution in [2.75, 3.05) is 4.53 Å². The lowest BCUT2D eigenvalue weighted by Gasteiger charge is -2.15. The first-order valence-electron chi connectivity index (χ1n) is 5.48. The molecule has 0 N–H and O–H groups in total. The van der Waals surface area contributed by atoms with Gasteiger partial charge in [-0.2, -0.15) is 8.42 Å². The predicted molar refractivity (Wildman–Crippen MR) is 69.0 cm³/mol. The average molecular weight is 297 g/mol. The van der Waals surface area contributed by atoms with Gasteiger partial charge in [0.05, 0.1) is 10.5 Å². The van der Waals surface area contributed by atoms with Crippen LogP contribution < -0.4 is 4.53 Å². The fraction of sp³-hybridized carbons (Fsp3) is 0. The van der Waals surface area contributed by atoms with E-state index < -0.39 is 31.6 Å². The van der Waals surface area contributed by atoms with Crippen LogP contribution in [0.1, 0.15) is 10.4 Å². The average Bonchev–Trinajstić information content (AvgIpc) is 2.47. The van der Waals surface area contributed by atoms with Crippen molar-refractivity contribution >= 4 is 22.0 Å². The molecule has 7 heteroatoms. The quantitative estimate of drug-likeness (QED) is 0.644. The minimum atomic E-state index is -4.53. The number of aldehydes is 1. The minimum Gasteiger partial charge on any atom is -0.298 e. The summed E-state index contributed by atoms with van der Waals surface area (Å²) in [7, 11) is -4.53. The zero-order valence-corrected chi connectivity index (χ0v) is 10.8. The molecule has 0 atom stereocenters. The highest BCUT2D eigenvalue weighted by Gasteiger charge is 2.28. The fourth-order valence-corrected chi connectivity index (χ4v) is 2.66. The second kappa shape index (κ2) is 5.38. The molecule has 20 heavy (non-hydrogen) atoms. The maximum Gasteiger partial charge on any atom is 0.290 e. The molecule has 0 aliphatic heterocycles. The Kier molecular flexibility index (Phi) is 3.80. The van der Waals surface area contributed by atoms with Crippen molar-refractivity contribution in [3.63, 3.8) is 0 Å². The van der Waals surface area contributed by atoms with Crippen LogP contribution in [0.3, 0.4) is 0 Å². The Balaban J connectivity index is 2.52. The van der Waals surface area contributed by atoms with Gasteiger partial charge in [-0.15, -0.1) is 0 Å². The van der Waals surface area contributed by atoms with Gasteiger partial charge in [-0.25, -0.2) is 4.39 Å². The number of sulfonamides is 1. The van der Waals surface area contributed by atoms with Gasteiger partial charge in [-0.05, 0) is 24.3 Å². The maximum absolute atomic E-state index is 14.1. The van der Waals surface area contributed by atoms with Crippen LogP contribution in [0.15, 0.2) is 53.4 Å². The summed E-state index contributed by atoms with van der Waals surface area (Å²) in [6.07, 6.45) is 0.182. The number of hydrogen-bond acceptors (Lipinski definition) is 3. The van der Waals surface area contributed by atoms with E-state index in [-0.39, 0.29) is 11.2 Å². The van der Waals surface area contributed by atoms with Gasteiger partial charge in [-0.1, -0.05) is 33.3 Å². The van der Waals surface area contributed by atoms with E-state index >= 15 is 0 Å². The Hall–Kier alpha value is -2.28. The van der Waals surface area contributed by atoms with Gasteiger partial charge in [0, 0.05) is 0 Å². The summed E-state index contributed by atoms with van der Waals surface area (Å²) in [5, 5.41) is 0. The number of carbonyl (C=O) groups excluding carboxylic acids is 1. The van der Waals surface area contributed by atoms with Crippen LogP contribution in [0.2, 0.25) is 0 Å². The lowest BCUT2D eigenvalue weighted by atomic mass is 10.2. The molecule has 4 nitrogen and oxygen atoms in total. The SMILES string of the molecule is O=Cc1cccc(N(F)S(=O)(=O)c2ccccc2)c1F. The van der Waals surface area contributed by atoms with Crippen LogP contribution in [0.5, 0.6) is 0 Å². The lowest BCUT2D eigenvalue weighted by Crippen LogP contribution is -2.23. The predicted octanol–water partition coefficient (Wildman–Crippen LogP) is 2.72. The summed E-state index contributed by atoms with van der Waals surface area (Å²) in [6, 6.07) is 10.0. The molecule has 0 aliphatic rings. The Morgan fingerprint density at radius 2 is 1.65 bits per heavy atom. The van der Waals surface area contributed by atoms with E-state index in [0.717, 1.165) is 12.1 Å². The van der Waals surface area contributed by atoms with Crippen LogP contribution in [0, 0.1) is 5.82 Å². The van der Waals surface area contributed by atoms with Crippen molar-refractivity contribution in [2.24, 2.45) is 0 Å². The monoisotopic (exact) mass is 297 g/mol. The summed E-state index contributed by atoms with van der Waals surface area (Å²) in [4.78, 5) is 10.3. The summed E-state index contributed by atoms with van der Waals surface area (Å²) in [5.74, 6) is -1.23. The maximum atomic E-state index is 14.1. The van der Waals surface area contributed by atoms with Crippen molar-refractivity contribution in [1.82, 2.24) is 0 Å². The number of benzene rings is 2. The van der Waals surface area contributed by atoms with E-state index in [1.807, 2.05) is 0 Å². The highest BCUT2D eigenvalue weighted by Crippen LogP contribution is 2.27. The van der Waals surface area contributed by atoms with Crippen LogP contribution in [0.4, 0.5) is 14.6 Å². The van der Waals surface area contributed by atoms with E-state index in [9.17, 15) is 22.1 Å². The van der Waals surface area contributed by atoms with E-state index in [2.05, 4.69) is 0 Å². The van der Waals surface area contributed by atoms with Crippen molar-refractivity contribution < 1.29 is 22.1 Å². The van der Waals surface area contributed by atoms with Gasteiger partial charge in [-0.3, -0.25) is 4.79 Å². The fourth-order valence-electron chi connectivity index (χ4n) is 1.58. The smallest absolute Gasteiger partial charge is 0.290 e. The van der Waals surface area contributed by atoms with E-state index in [1.54, 1.807) is 6.07 Å². The summed E-state index contributed by atoms with van der Waals surface area (Å²) in [5.41, 5.74) is -1.26. The van der Waals surface area contributed by atoms with Crippen LogP contribution >= 0.6 is 0 Å². The van der Waals surface area contributed by atoms with Gasteiger partial charge < -0.3 is 0 Å². The first-order chi connectivity index (χ1) is 9.48. The molecule has 0 bridgehead atoms. The molecular weight excluding hydrogens is 288 g/mol. The number of anilines is 1. The van der Waals surface area contributed by atoms with Crippen LogP contribution in [0.25, 0.3) is 0 Å². The molecule has 2 rings (SSSR count). The molecule has 0 amide bonds. The minimum absolute atomic E-state index is 0.182. The molecule has 0 saturated heterocycles. The number of carbonyl (C=O) groups is 1. The molecule has 2 aromatic carbocycles. The van der Waals surface area contributed by atoms with E-state index in [1.165, 1.54) is 30.3 Å². The van der Waals surface area contributed by atoms with Crippen LogP contribution in [-0.2, 0) is 10.0 Å². The van der Waals surface area contributed by atoms with E-state index in [0.29, 0.717) is 0 Å². The molecule has 0 fully saturated rings. The topological polar surface area (TPSA) is 54.5 Å². The number of hydrogen-bond donors (Lipinski definition) is 0. The summed E-state index contributed by atoms with van der Waals surface area (Å²) in [6.45, 7) is 0. The molecule has 0 radical (unpaired) electrons. The first kappa shape index (κ1) is 14.1. The Morgan fingerprint density at radius 1 is 1.00 bits per heavy atom. The zero-order chi connectivity index (χ0) is 14.8. The second-order valence-corrected chi connectivity index (χ2v) is 5.57. The third kappa shape index (κ3) is 2.39. The largest absolute Gasteiger partial charge is 0.298 e. The van der Waals surface area contributed by atoms with Crippen molar-refractivity contribution in [3.8, 4) is 0 Å². The molecule has 0 aliphatic carbocycles. The molecule has 0 spiro atoms. The normalized spacial score (nSPS) is 11.1. The third-order valence-corrected chi connectivity index (χ3v) is 4.06. The first-order valence-corrected chi connectivity index (χ1v) is 6.92. The molecule has 0 saturated carbocycles. The Morgan fingerprint density at radius 3 is 2.25 bits per heavy atom. The number of rotatable bonds is 4. The molecular formula is C13H9F2NO3S. The number of halogens is 2. The third-order valence-electron chi connectivity index (χ3n) is 2.58. The molecule has 0 aromatic heterocycles. The highest BCUT2D eigenvalue weighted by molar-refractivity contribution is 7.92. The van der Waals surface area contributed by atoms with Gasteiger partial charge in [0.25, 0.3) is 10.0 Å². The van der Waals surface area contributed by atoms with Crippen molar-refractivity contribution in [3.05, 3.63) is 59.9 Å². The highest BCUT2D eigenvalue weighted by atomic mass is 32.2. The molecule has 0 heterocycles. The molecule has 2 aromatic rings. The van der Waals surface area contributed by atoms with E-state index in [4.69, 9.17) is 0 Å².